The molecule has 3 heterocycles. The highest BCUT2D eigenvalue weighted by molar-refractivity contribution is 7.13. The topological polar surface area (TPSA) is 64.3 Å². The van der Waals surface area contributed by atoms with Gasteiger partial charge in [0.25, 0.3) is 0 Å². The molecule has 134 valence electrons. The molecule has 0 radical (unpaired) electrons. The number of amides is 2. The zero-order valence-electron chi connectivity index (χ0n) is 14.6. The molecule has 2 aromatic rings. The van der Waals surface area contributed by atoms with Crippen molar-refractivity contribution in [2.75, 3.05) is 26.7 Å². The van der Waals surface area contributed by atoms with Crippen LogP contribution in [0.25, 0.3) is 10.6 Å². The van der Waals surface area contributed by atoms with Crippen LogP contribution in [0.5, 0.6) is 0 Å². The number of nitrogens with one attached hydrogen (secondary N) is 2. The van der Waals surface area contributed by atoms with Gasteiger partial charge in [-0.3, -0.25) is 5.10 Å². The van der Waals surface area contributed by atoms with Crippen LogP contribution in [0.15, 0.2) is 23.6 Å². The monoisotopic (exact) mass is 359 g/mol. The standard InChI is InChI=1S/C18H25N5OS/c1-22(12-14-9-16(21-20-14)17-3-2-8-25-17)18(24)19-10-13-6-7-23(11-13)15-4-5-15/h2-3,8-9,13,15H,4-7,10-12H2,1H3,(H,19,24)(H,20,21). The Labute approximate surface area is 152 Å². The molecule has 2 fully saturated rings. The number of carbonyl (C=O) groups excluding carboxylic acids is 1. The average Bonchev–Trinajstić information content (AvgIpc) is 3.05. The molecular formula is C18H25N5OS. The Balaban J connectivity index is 1.23. The number of thiophene rings is 1. The van der Waals surface area contributed by atoms with Gasteiger partial charge in [-0.2, -0.15) is 5.10 Å². The van der Waals surface area contributed by atoms with Crippen molar-refractivity contribution in [1.82, 2.24) is 25.3 Å². The minimum Gasteiger partial charge on any atom is -0.338 e. The second kappa shape index (κ2) is 7.17. The lowest BCUT2D eigenvalue weighted by Gasteiger charge is -2.19. The van der Waals surface area contributed by atoms with Crippen LogP contribution in [0.3, 0.4) is 0 Å². The van der Waals surface area contributed by atoms with Crippen molar-refractivity contribution >= 4 is 17.4 Å². The molecule has 6 nitrogen and oxygen atoms in total. The van der Waals surface area contributed by atoms with Crippen LogP contribution in [0.2, 0.25) is 0 Å². The van der Waals surface area contributed by atoms with Crippen LogP contribution < -0.4 is 5.32 Å². The molecule has 0 aromatic carbocycles. The molecule has 0 bridgehead atoms. The van der Waals surface area contributed by atoms with Gasteiger partial charge in [0.2, 0.25) is 0 Å². The zero-order chi connectivity index (χ0) is 17.2. The summed E-state index contributed by atoms with van der Waals surface area (Å²) >= 11 is 1.66. The summed E-state index contributed by atoms with van der Waals surface area (Å²) in [4.78, 5) is 17.8. The van der Waals surface area contributed by atoms with E-state index in [9.17, 15) is 4.79 Å². The van der Waals surface area contributed by atoms with Crippen molar-refractivity contribution in [3.8, 4) is 10.6 Å². The Bertz CT molecular complexity index is 709. The van der Waals surface area contributed by atoms with Crippen molar-refractivity contribution < 1.29 is 4.79 Å². The molecule has 0 spiro atoms. The minimum atomic E-state index is -0.0165. The van der Waals surface area contributed by atoms with E-state index in [1.54, 1.807) is 16.2 Å². The highest BCUT2D eigenvalue weighted by Gasteiger charge is 2.34. The Morgan fingerprint density at radius 1 is 1.48 bits per heavy atom. The molecule has 2 N–H and O–H groups in total. The summed E-state index contributed by atoms with van der Waals surface area (Å²) in [5.74, 6) is 0.593. The lowest BCUT2D eigenvalue weighted by molar-refractivity contribution is 0.204. The van der Waals surface area contributed by atoms with Crippen molar-refractivity contribution in [1.29, 1.82) is 0 Å². The summed E-state index contributed by atoms with van der Waals surface area (Å²) in [5, 5.41) is 12.5. The fourth-order valence-corrected chi connectivity index (χ4v) is 4.17. The fourth-order valence-electron chi connectivity index (χ4n) is 3.49. The van der Waals surface area contributed by atoms with Crippen LogP contribution in [-0.2, 0) is 6.54 Å². The molecule has 4 rings (SSSR count). The van der Waals surface area contributed by atoms with Crippen LogP contribution in [0, 0.1) is 5.92 Å². The van der Waals surface area contributed by atoms with Gasteiger partial charge in [0.05, 0.1) is 17.1 Å². The second-order valence-electron chi connectivity index (χ2n) is 7.18. The summed E-state index contributed by atoms with van der Waals surface area (Å²) in [7, 11) is 1.83. The molecule has 7 heteroatoms. The first-order valence-corrected chi connectivity index (χ1v) is 9.88. The SMILES string of the molecule is CN(Cc1cc(-c2cccs2)n[nH]1)C(=O)NCC1CCN(C2CC2)C1. The van der Waals surface area contributed by atoms with E-state index in [1.165, 1.54) is 25.8 Å². The predicted octanol–water partition coefficient (Wildman–Crippen LogP) is 2.76. The van der Waals surface area contributed by atoms with Crippen molar-refractivity contribution in [2.24, 2.45) is 5.92 Å². The van der Waals surface area contributed by atoms with Crippen LogP contribution in [0.4, 0.5) is 4.79 Å². The Kier molecular flexibility index (Phi) is 4.76. The van der Waals surface area contributed by atoms with Crippen LogP contribution in [0.1, 0.15) is 25.0 Å². The number of carbonyl (C=O) groups is 1. The largest absolute Gasteiger partial charge is 0.338 e. The quantitative estimate of drug-likeness (QED) is 0.834. The van der Waals surface area contributed by atoms with E-state index in [4.69, 9.17) is 0 Å². The fraction of sp³-hybridized carbons (Fsp3) is 0.556. The van der Waals surface area contributed by atoms with E-state index >= 15 is 0 Å². The first-order chi connectivity index (χ1) is 12.2. The highest BCUT2D eigenvalue weighted by Crippen LogP contribution is 2.31. The summed E-state index contributed by atoms with van der Waals surface area (Å²) in [6.07, 6.45) is 3.92. The molecule has 25 heavy (non-hydrogen) atoms. The van der Waals surface area contributed by atoms with Crippen LogP contribution >= 0.6 is 11.3 Å². The first kappa shape index (κ1) is 16.6. The number of aromatic amines is 1. The summed E-state index contributed by atoms with van der Waals surface area (Å²) in [6.45, 7) is 3.64. The molecule has 1 saturated carbocycles. The maximum Gasteiger partial charge on any atom is 0.317 e. The van der Waals surface area contributed by atoms with E-state index in [2.05, 4.69) is 20.4 Å². The lowest BCUT2D eigenvalue weighted by atomic mass is 10.1. The minimum absolute atomic E-state index is 0.0165. The van der Waals surface area contributed by atoms with Crippen LogP contribution in [-0.4, -0.2) is 58.8 Å². The Hall–Kier alpha value is -1.86. The Morgan fingerprint density at radius 2 is 2.36 bits per heavy atom. The number of H-pyrrole nitrogens is 1. The number of likely N-dealkylation sites (tertiary alicyclic amines) is 1. The van der Waals surface area contributed by atoms with Gasteiger partial charge in [-0.15, -0.1) is 11.3 Å². The number of nitrogens with zero attached hydrogens (tertiary/aromatic N) is 3. The molecule has 1 atom stereocenters. The third-order valence-electron chi connectivity index (χ3n) is 5.08. The number of hydrogen-bond donors (Lipinski definition) is 2. The molecule has 1 aliphatic carbocycles. The van der Waals surface area contributed by atoms with Gasteiger partial charge < -0.3 is 15.1 Å². The lowest BCUT2D eigenvalue weighted by Crippen LogP contribution is -2.39. The van der Waals surface area contributed by atoms with Gasteiger partial charge in [0, 0.05) is 26.2 Å². The van der Waals surface area contributed by atoms with Gasteiger partial charge in [-0.1, -0.05) is 6.07 Å². The summed E-state index contributed by atoms with van der Waals surface area (Å²) in [5.41, 5.74) is 1.88. The van der Waals surface area contributed by atoms with E-state index in [1.807, 2.05) is 30.6 Å². The maximum atomic E-state index is 12.3. The number of urea groups is 1. The van der Waals surface area contributed by atoms with E-state index in [-0.39, 0.29) is 6.03 Å². The maximum absolute atomic E-state index is 12.3. The van der Waals surface area contributed by atoms with Gasteiger partial charge in [0.15, 0.2) is 0 Å². The van der Waals surface area contributed by atoms with E-state index in [0.29, 0.717) is 12.5 Å². The molecule has 1 unspecified atom stereocenters. The normalized spacial score (nSPS) is 20.8. The molecule has 2 aromatic heterocycles. The molecule has 2 amide bonds. The van der Waals surface area contributed by atoms with Gasteiger partial charge in [0.1, 0.15) is 5.69 Å². The molecule has 1 saturated heterocycles. The van der Waals surface area contributed by atoms with Gasteiger partial charge >= 0.3 is 6.03 Å². The van der Waals surface area contributed by atoms with Crippen molar-refractivity contribution in [2.45, 2.75) is 31.8 Å². The van der Waals surface area contributed by atoms with Gasteiger partial charge in [-0.25, -0.2) is 4.79 Å². The number of aromatic nitrogens is 2. The number of hydrogen-bond acceptors (Lipinski definition) is 4. The first-order valence-electron chi connectivity index (χ1n) is 9.00. The number of rotatable bonds is 6. The smallest absolute Gasteiger partial charge is 0.317 e. The third-order valence-corrected chi connectivity index (χ3v) is 5.97. The third kappa shape index (κ3) is 4.04. The Morgan fingerprint density at radius 3 is 3.12 bits per heavy atom. The molecule has 1 aliphatic heterocycles. The molecular weight excluding hydrogens is 334 g/mol. The van der Waals surface area contributed by atoms with Crippen molar-refractivity contribution in [3.05, 3.63) is 29.3 Å². The van der Waals surface area contributed by atoms with Crippen molar-refractivity contribution in [3.63, 3.8) is 0 Å². The highest BCUT2D eigenvalue weighted by atomic mass is 32.1. The van der Waals surface area contributed by atoms with E-state index < -0.39 is 0 Å². The second-order valence-corrected chi connectivity index (χ2v) is 8.13. The summed E-state index contributed by atoms with van der Waals surface area (Å²) in [6, 6.07) is 6.90. The average molecular weight is 359 g/mol. The van der Waals surface area contributed by atoms with E-state index in [0.717, 1.165) is 35.4 Å². The van der Waals surface area contributed by atoms with Gasteiger partial charge in [-0.05, 0) is 49.2 Å². The summed E-state index contributed by atoms with van der Waals surface area (Å²) < 4.78 is 0. The predicted molar refractivity (Wildman–Crippen MR) is 99.5 cm³/mol. The molecule has 2 aliphatic rings. The zero-order valence-corrected chi connectivity index (χ0v) is 15.4.